The first-order valence-corrected chi connectivity index (χ1v) is 5.86. The second kappa shape index (κ2) is 5.40. The Labute approximate surface area is 114 Å². The first-order chi connectivity index (χ1) is 9.50. The SMILES string of the molecule is Cn1cccc(C(=O)NC(=O)c2ccccc2N)c1=O. The number of benzene rings is 1. The van der Waals surface area contributed by atoms with Crippen molar-refractivity contribution in [1.82, 2.24) is 9.88 Å². The number of nitrogen functional groups attached to an aromatic ring is 1. The number of carbonyl (C=O) groups is 2. The van der Waals surface area contributed by atoms with Crippen LogP contribution in [-0.4, -0.2) is 16.4 Å². The molecule has 0 aliphatic heterocycles. The topological polar surface area (TPSA) is 94.2 Å². The van der Waals surface area contributed by atoms with E-state index in [4.69, 9.17) is 5.73 Å². The summed E-state index contributed by atoms with van der Waals surface area (Å²) in [5, 5.41) is 2.15. The lowest BCUT2D eigenvalue weighted by Gasteiger charge is -2.06. The lowest BCUT2D eigenvalue weighted by atomic mass is 10.1. The van der Waals surface area contributed by atoms with Crippen molar-refractivity contribution in [3.05, 3.63) is 64.1 Å². The van der Waals surface area contributed by atoms with Gasteiger partial charge in [-0.05, 0) is 24.3 Å². The van der Waals surface area contributed by atoms with Gasteiger partial charge in [-0.25, -0.2) is 0 Å². The zero-order chi connectivity index (χ0) is 14.7. The summed E-state index contributed by atoms with van der Waals surface area (Å²) in [7, 11) is 1.52. The van der Waals surface area contributed by atoms with E-state index < -0.39 is 17.4 Å². The van der Waals surface area contributed by atoms with E-state index in [0.29, 0.717) is 0 Å². The summed E-state index contributed by atoms with van der Waals surface area (Å²) in [6.07, 6.45) is 1.52. The van der Waals surface area contributed by atoms with Gasteiger partial charge in [-0.1, -0.05) is 12.1 Å². The summed E-state index contributed by atoms with van der Waals surface area (Å²) in [4.78, 5) is 35.6. The molecule has 1 aromatic heterocycles. The number of amides is 2. The quantitative estimate of drug-likeness (QED) is 0.615. The third-order valence-corrected chi connectivity index (χ3v) is 2.80. The molecule has 2 rings (SSSR count). The van der Waals surface area contributed by atoms with Crippen LogP contribution < -0.4 is 16.6 Å². The predicted octanol–water partition coefficient (Wildman–Crippen LogP) is 0.538. The van der Waals surface area contributed by atoms with Gasteiger partial charge in [0.05, 0.1) is 5.56 Å². The second-order valence-electron chi connectivity index (χ2n) is 4.21. The molecule has 0 spiro atoms. The first kappa shape index (κ1) is 13.5. The van der Waals surface area contributed by atoms with Crippen LogP contribution in [0.4, 0.5) is 5.69 Å². The minimum Gasteiger partial charge on any atom is -0.398 e. The largest absolute Gasteiger partial charge is 0.398 e. The lowest BCUT2D eigenvalue weighted by Crippen LogP contribution is -2.36. The molecule has 3 N–H and O–H groups in total. The molecule has 1 aromatic carbocycles. The molecule has 0 radical (unpaired) electrons. The molecule has 2 aromatic rings. The Morgan fingerprint density at radius 1 is 1.05 bits per heavy atom. The summed E-state index contributed by atoms with van der Waals surface area (Å²) in [5.74, 6) is -1.39. The van der Waals surface area contributed by atoms with Crippen LogP contribution in [0, 0.1) is 0 Å². The molecule has 6 nitrogen and oxygen atoms in total. The van der Waals surface area contributed by atoms with E-state index in [1.807, 2.05) is 0 Å². The van der Waals surface area contributed by atoms with Gasteiger partial charge in [-0.3, -0.25) is 19.7 Å². The van der Waals surface area contributed by atoms with Crippen molar-refractivity contribution in [3.63, 3.8) is 0 Å². The maximum Gasteiger partial charge on any atom is 0.263 e. The molecule has 20 heavy (non-hydrogen) atoms. The zero-order valence-corrected chi connectivity index (χ0v) is 10.8. The highest BCUT2D eigenvalue weighted by atomic mass is 16.2. The van der Waals surface area contributed by atoms with Crippen LogP contribution in [0.15, 0.2) is 47.4 Å². The summed E-state index contributed by atoms with van der Waals surface area (Å²) in [6, 6.07) is 9.29. The van der Waals surface area contributed by atoms with Gasteiger partial charge in [-0.2, -0.15) is 0 Å². The lowest BCUT2D eigenvalue weighted by molar-refractivity contribution is 0.0848. The third-order valence-electron chi connectivity index (χ3n) is 2.80. The molecular weight excluding hydrogens is 258 g/mol. The first-order valence-electron chi connectivity index (χ1n) is 5.86. The maximum absolute atomic E-state index is 11.9. The van der Waals surface area contributed by atoms with E-state index in [-0.39, 0.29) is 16.8 Å². The number of imide groups is 1. The van der Waals surface area contributed by atoms with Crippen molar-refractivity contribution in [2.24, 2.45) is 7.05 Å². The molecule has 0 aliphatic rings. The fourth-order valence-electron chi connectivity index (χ4n) is 1.71. The summed E-state index contributed by atoms with van der Waals surface area (Å²) in [5.41, 5.74) is 5.53. The van der Waals surface area contributed by atoms with Gasteiger partial charge >= 0.3 is 0 Å². The van der Waals surface area contributed by atoms with Crippen LogP contribution >= 0.6 is 0 Å². The molecule has 1 heterocycles. The normalized spacial score (nSPS) is 10.1. The fraction of sp³-hybridized carbons (Fsp3) is 0.0714. The molecule has 0 atom stereocenters. The monoisotopic (exact) mass is 271 g/mol. The number of carbonyl (C=O) groups excluding carboxylic acids is 2. The van der Waals surface area contributed by atoms with Crippen molar-refractivity contribution in [2.45, 2.75) is 0 Å². The molecule has 0 saturated carbocycles. The van der Waals surface area contributed by atoms with Crippen molar-refractivity contribution in [2.75, 3.05) is 5.73 Å². The van der Waals surface area contributed by atoms with Gasteiger partial charge in [0.2, 0.25) is 0 Å². The Bertz CT molecular complexity index is 734. The van der Waals surface area contributed by atoms with Gasteiger partial charge in [-0.15, -0.1) is 0 Å². The Balaban J connectivity index is 2.25. The molecule has 0 aliphatic carbocycles. The summed E-state index contributed by atoms with van der Waals surface area (Å²) >= 11 is 0. The summed E-state index contributed by atoms with van der Waals surface area (Å²) in [6.45, 7) is 0. The van der Waals surface area contributed by atoms with Crippen molar-refractivity contribution in [3.8, 4) is 0 Å². The molecule has 0 fully saturated rings. The van der Waals surface area contributed by atoms with E-state index >= 15 is 0 Å². The Morgan fingerprint density at radius 3 is 2.35 bits per heavy atom. The number of aryl methyl sites for hydroxylation is 1. The van der Waals surface area contributed by atoms with E-state index in [9.17, 15) is 14.4 Å². The smallest absolute Gasteiger partial charge is 0.263 e. The zero-order valence-electron chi connectivity index (χ0n) is 10.8. The fourth-order valence-corrected chi connectivity index (χ4v) is 1.71. The molecular formula is C14H13N3O3. The highest BCUT2D eigenvalue weighted by Gasteiger charge is 2.16. The third kappa shape index (κ3) is 2.59. The van der Waals surface area contributed by atoms with Gasteiger partial charge in [0, 0.05) is 18.9 Å². The number of nitrogens with zero attached hydrogens (tertiary/aromatic N) is 1. The number of hydrogen-bond acceptors (Lipinski definition) is 4. The van der Waals surface area contributed by atoms with Crippen molar-refractivity contribution >= 4 is 17.5 Å². The number of nitrogens with two attached hydrogens (primary N) is 1. The molecule has 2 amide bonds. The van der Waals surface area contributed by atoms with Crippen molar-refractivity contribution in [1.29, 1.82) is 0 Å². The molecule has 0 saturated heterocycles. The highest BCUT2D eigenvalue weighted by Crippen LogP contribution is 2.10. The number of para-hydroxylation sites is 1. The van der Waals surface area contributed by atoms with E-state index in [1.54, 1.807) is 24.3 Å². The number of nitrogens with one attached hydrogen (secondary N) is 1. The van der Waals surface area contributed by atoms with Gasteiger partial charge in [0.1, 0.15) is 5.56 Å². The minimum absolute atomic E-state index is 0.0992. The van der Waals surface area contributed by atoms with E-state index in [1.165, 1.54) is 29.9 Å². The minimum atomic E-state index is -0.751. The molecule has 6 heteroatoms. The average molecular weight is 271 g/mol. The molecule has 102 valence electrons. The number of anilines is 1. The predicted molar refractivity (Wildman–Crippen MR) is 74.3 cm³/mol. The van der Waals surface area contributed by atoms with Crippen LogP contribution in [0.2, 0.25) is 0 Å². The average Bonchev–Trinajstić information content (AvgIpc) is 2.42. The maximum atomic E-state index is 11.9. The molecule has 0 bridgehead atoms. The summed E-state index contributed by atoms with van der Waals surface area (Å²) < 4.78 is 1.26. The van der Waals surface area contributed by atoms with Gasteiger partial charge in [0.25, 0.3) is 17.4 Å². The second-order valence-corrected chi connectivity index (χ2v) is 4.21. The van der Waals surface area contributed by atoms with Crippen LogP contribution in [0.25, 0.3) is 0 Å². The number of hydrogen-bond donors (Lipinski definition) is 2. The number of aromatic nitrogens is 1. The Hall–Kier alpha value is -2.89. The van der Waals surface area contributed by atoms with Gasteiger partial charge < -0.3 is 10.3 Å². The van der Waals surface area contributed by atoms with E-state index in [2.05, 4.69) is 5.32 Å². The van der Waals surface area contributed by atoms with Crippen LogP contribution in [0.3, 0.4) is 0 Å². The Kier molecular flexibility index (Phi) is 3.65. The van der Waals surface area contributed by atoms with Gasteiger partial charge in [0.15, 0.2) is 0 Å². The van der Waals surface area contributed by atoms with Crippen LogP contribution in [0.1, 0.15) is 20.7 Å². The Morgan fingerprint density at radius 2 is 1.65 bits per heavy atom. The van der Waals surface area contributed by atoms with E-state index in [0.717, 1.165) is 0 Å². The highest BCUT2D eigenvalue weighted by molar-refractivity contribution is 6.12. The van der Waals surface area contributed by atoms with Crippen molar-refractivity contribution < 1.29 is 9.59 Å². The molecule has 0 unspecified atom stereocenters. The van der Waals surface area contributed by atoms with Crippen LogP contribution in [-0.2, 0) is 7.05 Å². The number of rotatable bonds is 2. The van der Waals surface area contributed by atoms with Crippen LogP contribution in [0.5, 0.6) is 0 Å². The number of pyridine rings is 1. The standard InChI is InChI=1S/C14H13N3O3/c1-17-8-4-6-10(14(17)20)13(19)16-12(18)9-5-2-3-7-11(9)15/h2-8H,15H2,1H3,(H,16,18,19).